The molecule has 16 heavy (non-hydrogen) atoms. The van der Waals surface area contributed by atoms with Gasteiger partial charge in [0.15, 0.2) is 5.82 Å². The molecule has 1 aromatic carbocycles. The van der Waals surface area contributed by atoms with Gasteiger partial charge in [-0.1, -0.05) is 5.16 Å². The zero-order valence-electron chi connectivity index (χ0n) is 8.35. The highest BCUT2D eigenvalue weighted by Crippen LogP contribution is 2.22. The third kappa shape index (κ3) is 2.01. The van der Waals surface area contributed by atoms with Crippen LogP contribution in [0.25, 0.3) is 11.5 Å². The summed E-state index contributed by atoms with van der Waals surface area (Å²) in [7, 11) is 0. The fourth-order valence-corrected chi connectivity index (χ4v) is 1.27. The van der Waals surface area contributed by atoms with Crippen LogP contribution in [0.4, 0.5) is 10.1 Å². The molecule has 84 valence electrons. The van der Waals surface area contributed by atoms with Crippen molar-refractivity contribution in [1.82, 2.24) is 10.1 Å². The van der Waals surface area contributed by atoms with Crippen molar-refractivity contribution in [3.8, 4) is 11.5 Å². The summed E-state index contributed by atoms with van der Waals surface area (Å²) in [5, 5.41) is 12.3. The minimum Gasteiger partial charge on any atom is -0.399 e. The minimum absolute atomic E-state index is 0.0802. The van der Waals surface area contributed by atoms with Gasteiger partial charge >= 0.3 is 0 Å². The van der Waals surface area contributed by atoms with Gasteiger partial charge in [-0.15, -0.1) is 0 Å². The highest BCUT2D eigenvalue weighted by atomic mass is 19.1. The van der Waals surface area contributed by atoms with E-state index in [0.29, 0.717) is 11.5 Å². The van der Waals surface area contributed by atoms with Crippen LogP contribution in [0.5, 0.6) is 0 Å². The van der Waals surface area contributed by atoms with Crippen LogP contribution in [0, 0.1) is 5.82 Å². The Balaban J connectivity index is 2.35. The van der Waals surface area contributed by atoms with Crippen molar-refractivity contribution < 1.29 is 14.0 Å². The van der Waals surface area contributed by atoms with Crippen LogP contribution in [0.1, 0.15) is 5.82 Å². The number of nitrogens with zero attached hydrogens (tertiary/aromatic N) is 2. The molecule has 0 aliphatic rings. The van der Waals surface area contributed by atoms with E-state index in [0.717, 1.165) is 0 Å². The summed E-state index contributed by atoms with van der Waals surface area (Å²) in [6.45, 7) is -0.0802. The number of hydrogen-bond donors (Lipinski definition) is 2. The molecular formula is C10H10FN3O2. The molecule has 0 aliphatic heterocycles. The van der Waals surface area contributed by atoms with Crippen LogP contribution >= 0.6 is 0 Å². The van der Waals surface area contributed by atoms with Crippen LogP contribution in [-0.2, 0) is 6.42 Å². The molecule has 1 heterocycles. The first-order valence-corrected chi connectivity index (χ1v) is 4.69. The lowest BCUT2D eigenvalue weighted by Gasteiger charge is -1.97. The van der Waals surface area contributed by atoms with Crippen LogP contribution in [0.2, 0.25) is 0 Å². The molecule has 0 aliphatic carbocycles. The monoisotopic (exact) mass is 223 g/mol. The molecule has 1 aromatic heterocycles. The highest BCUT2D eigenvalue weighted by molar-refractivity contribution is 5.58. The predicted octanol–water partition coefficient (Wildman–Crippen LogP) is 0.993. The van der Waals surface area contributed by atoms with Crippen molar-refractivity contribution in [3.63, 3.8) is 0 Å². The van der Waals surface area contributed by atoms with E-state index < -0.39 is 5.82 Å². The van der Waals surface area contributed by atoms with Crippen molar-refractivity contribution in [3.05, 3.63) is 29.8 Å². The molecular weight excluding hydrogens is 213 g/mol. The summed E-state index contributed by atoms with van der Waals surface area (Å²) in [5.74, 6) is -0.0890. The molecule has 0 fully saturated rings. The summed E-state index contributed by atoms with van der Waals surface area (Å²) in [5.41, 5.74) is 5.95. The molecule has 6 heteroatoms. The minimum atomic E-state index is -0.515. The van der Waals surface area contributed by atoms with Crippen molar-refractivity contribution in [2.24, 2.45) is 0 Å². The molecule has 0 unspecified atom stereocenters. The smallest absolute Gasteiger partial charge is 0.260 e. The Bertz CT molecular complexity index is 499. The van der Waals surface area contributed by atoms with Crippen LogP contribution < -0.4 is 5.73 Å². The Morgan fingerprint density at radius 2 is 2.25 bits per heavy atom. The average Bonchev–Trinajstić information content (AvgIpc) is 2.67. The molecule has 3 N–H and O–H groups in total. The second kappa shape index (κ2) is 4.28. The molecule has 0 saturated heterocycles. The van der Waals surface area contributed by atoms with E-state index in [9.17, 15) is 4.39 Å². The van der Waals surface area contributed by atoms with E-state index in [-0.39, 0.29) is 24.5 Å². The number of aliphatic hydroxyl groups excluding tert-OH is 1. The quantitative estimate of drug-likeness (QED) is 0.758. The van der Waals surface area contributed by atoms with Gasteiger partial charge in [-0.05, 0) is 18.2 Å². The zero-order valence-corrected chi connectivity index (χ0v) is 8.35. The highest BCUT2D eigenvalue weighted by Gasteiger charge is 2.12. The SMILES string of the molecule is Nc1ccc(-c2nc(CCO)no2)c(F)c1. The lowest BCUT2D eigenvalue weighted by Crippen LogP contribution is -1.93. The number of aromatic nitrogens is 2. The van der Waals surface area contributed by atoms with E-state index in [1.807, 2.05) is 0 Å². The second-order valence-corrected chi connectivity index (χ2v) is 3.23. The first-order valence-electron chi connectivity index (χ1n) is 4.69. The maximum absolute atomic E-state index is 13.5. The van der Waals surface area contributed by atoms with Gasteiger partial charge < -0.3 is 15.4 Å². The number of rotatable bonds is 3. The molecule has 0 spiro atoms. The molecule has 2 rings (SSSR count). The standard InChI is InChI=1S/C10H10FN3O2/c11-8-5-6(12)1-2-7(8)10-13-9(3-4-15)14-16-10/h1-2,5,15H,3-4,12H2. The maximum atomic E-state index is 13.5. The summed E-state index contributed by atoms with van der Waals surface area (Å²) in [4.78, 5) is 3.94. The third-order valence-electron chi connectivity index (χ3n) is 2.03. The van der Waals surface area contributed by atoms with E-state index in [2.05, 4.69) is 10.1 Å². The van der Waals surface area contributed by atoms with Crippen LogP contribution in [0.15, 0.2) is 22.7 Å². The van der Waals surface area contributed by atoms with E-state index in [1.165, 1.54) is 12.1 Å². The number of nitrogens with two attached hydrogens (primary N) is 1. The number of hydrogen-bond acceptors (Lipinski definition) is 5. The van der Waals surface area contributed by atoms with Crippen molar-refractivity contribution in [2.45, 2.75) is 6.42 Å². The Morgan fingerprint density at radius 1 is 1.44 bits per heavy atom. The Kier molecular flexibility index (Phi) is 2.82. The van der Waals surface area contributed by atoms with Gasteiger partial charge in [0, 0.05) is 12.1 Å². The van der Waals surface area contributed by atoms with Crippen LogP contribution in [0.3, 0.4) is 0 Å². The lowest BCUT2D eigenvalue weighted by atomic mass is 10.2. The number of anilines is 1. The fourth-order valence-electron chi connectivity index (χ4n) is 1.27. The first kappa shape index (κ1) is 10.6. The zero-order chi connectivity index (χ0) is 11.5. The molecule has 0 bridgehead atoms. The molecule has 0 saturated carbocycles. The Labute approximate surface area is 90.7 Å². The Hall–Kier alpha value is -1.95. The van der Waals surface area contributed by atoms with Gasteiger partial charge in [-0.3, -0.25) is 0 Å². The summed E-state index contributed by atoms with van der Waals surface area (Å²) in [6, 6.07) is 4.21. The third-order valence-corrected chi connectivity index (χ3v) is 2.03. The van der Waals surface area contributed by atoms with Gasteiger partial charge in [-0.2, -0.15) is 4.98 Å². The second-order valence-electron chi connectivity index (χ2n) is 3.23. The lowest BCUT2D eigenvalue weighted by molar-refractivity contribution is 0.293. The van der Waals surface area contributed by atoms with Crippen LogP contribution in [-0.4, -0.2) is 21.9 Å². The van der Waals surface area contributed by atoms with Gasteiger partial charge in [-0.25, -0.2) is 4.39 Å². The molecule has 0 atom stereocenters. The van der Waals surface area contributed by atoms with Crippen molar-refractivity contribution >= 4 is 5.69 Å². The van der Waals surface area contributed by atoms with Crippen molar-refractivity contribution in [1.29, 1.82) is 0 Å². The molecule has 0 amide bonds. The van der Waals surface area contributed by atoms with Crippen molar-refractivity contribution in [2.75, 3.05) is 12.3 Å². The molecule has 0 radical (unpaired) electrons. The predicted molar refractivity (Wildman–Crippen MR) is 54.9 cm³/mol. The summed E-state index contributed by atoms with van der Waals surface area (Å²) in [6.07, 6.45) is 0.278. The van der Waals surface area contributed by atoms with Gasteiger partial charge in [0.05, 0.1) is 12.2 Å². The summed E-state index contributed by atoms with van der Waals surface area (Å²) < 4.78 is 18.3. The van der Waals surface area contributed by atoms with E-state index in [4.69, 9.17) is 15.4 Å². The average molecular weight is 223 g/mol. The van der Waals surface area contributed by atoms with Gasteiger partial charge in [0.1, 0.15) is 5.82 Å². The Morgan fingerprint density at radius 3 is 2.94 bits per heavy atom. The maximum Gasteiger partial charge on any atom is 0.260 e. The normalized spacial score (nSPS) is 10.6. The first-order chi connectivity index (χ1) is 7.70. The van der Waals surface area contributed by atoms with Gasteiger partial charge in [0.2, 0.25) is 0 Å². The van der Waals surface area contributed by atoms with E-state index in [1.54, 1.807) is 6.07 Å². The largest absolute Gasteiger partial charge is 0.399 e. The summed E-state index contributed by atoms with van der Waals surface area (Å²) >= 11 is 0. The van der Waals surface area contributed by atoms with E-state index >= 15 is 0 Å². The number of aliphatic hydroxyl groups is 1. The number of benzene rings is 1. The topological polar surface area (TPSA) is 85.2 Å². The fraction of sp³-hybridized carbons (Fsp3) is 0.200. The molecule has 2 aromatic rings. The molecule has 5 nitrogen and oxygen atoms in total. The number of halogens is 1. The number of nitrogen functional groups attached to an aromatic ring is 1. The van der Waals surface area contributed by atoms with Gasteiger partial charge in [0.25, 0.3) is 5.89 Å².